The molecule has 2 rings (SSSR count). The molecule has 1 aliphatic heterocycles. The summed E-state index contributed by atoms with van der Waals surface area (Å²) in [6, 6.07) is 10.6. The molecular formula is C18H28N2O. The lowest BCUT2D eigenvalue weighted by Gasteiger charge is -2.36. The summed E-state index contributed by atoms with van der Waals surface area (Å²) >= 11 is 0. The molecule has 21 heavy (non-hydrogen) atoms. The standard InChI is InChI=1S/C18H28N2O/c1-4-8-17(15-9-6-5-7-10-15)18(21)20(3)16-11-13-19(2)14-12-16/h5-7,9-10,16-17H,4,8,11-14H2,1-3H3. The second-order valence-corrected chi connectivity index (χ2v) is 6.24. The third-order valence-corrected chi connectivity index (χ3v) is 4.66. The summed E-state index contributed by atoms with van der Waals surface area (Å²) < 4.78 is 0. The zero-order valence-corrected chi connectivity index (χ0v) is 13.6. The summed E-state index contributed by atoms with van der Waals surface area (Å²) in [5.74, 6) is 0.304. The van der Waals surface area contributed by atoms with E-state index in [0.29, 0.717) is 6.04 Å². The molecule has 0 radical (unpaired) electrons. The molecule has 3 nitrogen and oxygen atoms in total. The summed E-state index contributed by atoms with van der Waals surface area (Å²) in [7, 11) is 4.14. The lowest BCUT2D eigenvalue weighted by Crippen LogP contribution is -2.46. The predicted molar refractivity (Wildman–Crippen MR) is 87.4 cm³/mol. The van der Waals surface area contributed by atoms with Gasteiger partial charge in [0.2, 0.25) is 5.91 Å². The van der Waals surface area contributed by atoms with Crippen molar-refractivity contribution >= 4 is 5.91 Å². The number of hydrogen-bond acceptors (Lipinski definition) is 2. The van der Waals surface area contributed by atoms with Crippen molar-refractivity contribution in [2.24, 2.45) is 0 Å². The van der Waals surface area contributed by atoms with Crippen LogP contribution in [0.25, 0.3) is 0 Å². The molecule has 1 aromatic carbocycles. The Hall–Kier alpha value is -1.35. The monoisotopic (exact) mass is 288 g/mol. The van der Waals surface area contributed by atoms with E-state index in [-0.39, 0.29) is 11.8 Å². The van der Waals surface area contributed by atoms with Gasteiger partial charge in [0, 0.05) is 13.1 Å². The number of carbonyl (C=O) groups is 1. The van der Waals surface area contributed by atoms with Crippen LogP contribution in [0.2, 0.25) is 0 Å². The highest BCUT2D eigenvalue weighted by atomic mass is 16.2. The van der Waals surface area contributed by atoms with Gasteiger partial charge in [-0.1, -0.05) is 43.7 Å². The normalized spacial score (nSPS) is 18.4. The molecule has 0 aliphatic carbocycles. The Balaban J connectivity index is 2.07. The van der Waals surface area contributed by atoms with Crippen molar-refractivity contribution < 1.29 is 4.79 Å². The minimum absolute atomic E-state index is 0.0147. The summed E-state index contributed by atoms with van der Waals surface area (Å²) in [5.41, 5.74) is 1.16. The zero-order chi connectivity index (χ0) is 15.2. The predicted octanol–water partition coefficient (Wildman–Crippen LogP) is 3.12. The fourth-order valence-corrected chi connectivity index (χ4v) is 3.21. The fraction of sp³-hybridized carbons (Fsp3) is 0.611. The Morgan fingerprint density at radius 2 is 1.90 bits per heavy atom. The third-order valence-electron chi connectivity index (χ3n) is 4.66. The first kappa shape index (κ1) is 16.0. The molecule has 0 bridgehead atoms. The molecule has 3 heteroatoms. The minimum Gasteiger partial charge on any atom is -0.342 e. The fourth-order valence-electron chi connectivity index (χ4n) is 3.21. The maximum atomic E-state index is 12.9. The summed E-state index contributed by atoms with van der Waals surface area (Å²) in [6.45, 7) is 4.33. The van der Waals surface area contributed by atoms with Crippen molar-refractivity contribution in [1.82, 2.24) is 9.80 Å². The molecule has 1 amide bonds. The van der Waals surface area contributed by atoms with E-state index >= 15 is 0 Å². The highest BCUT2D eigenvalue weighted by Gasteiger charge is 2.29. The molecule has 0 N–H and O–H groups in total. The van der Waals surface area contributed by atoms with Gasteiger partial charge in [-0.15, -0.1) is 0 Å². The quantitative estimate of drug-likeness (QED) is 0.831. The van der Waals surface area contributed by atoms with Gasteiger partial charge in [-0.05, 0) is 45.0 Å². The first-order valence-electron chi connectivity index (χ1n) is 8.13. The van der Waals surface area contributed by atoms with E-state index in [1.54, 1.807) is 0 Å². The molecule has 1 heterocycles. The number of carbonyl (C=O) groups excluding carboxylic acids is 1. The number of benzene rings is 1. The van der Waals surface area contributed by atoms with Crippen LogP contribution in [0, 0.1) is 0 Å². The van der Waals surface area contributed by atoms with Crippen LogP contribution in [0.15, 0.2) is 30.3 Å². The number of nitrogens with zero attached hydrogens (tertiary/aromatic N) is 2. The highest BCUT2D eigenvalue weighted by molar-refractivity contribution is 5.83. The summed E-state index contributed by atoms with van der Waals surface area (Å²) in [4.78, 5) is 17.3. The van der Waals surface area contributed by atoms with Crippen molar-refractivity contribution in [3.63, 3.8) is 0 Å². The number of amides is 1. The minimum atomic E-state index is 0.0147. The molecule has 1 atom stereocenters. The molecule has 1 aliphatic rings. The van der Waals surface area contributed by atoms with E-state index < -0.39 is 0 Å². The number of rotatable bonds is 5. The average Bonchev–Trinajstić information content (AvgIpc) is 2.53. The molecule has 1 fully saturated rings. The van der Waals surface area contributed by atoms with Crippen molar-refractivity contribution in [3.8, 4) is 0 Å². The topological polar surface area (TPSA) is 23.6 Å². The maximum absolute atomic E-state index is 12.9. The smallest absolute Gasteiger partial charge is 0.230 e. The lowest BCUT2D eigenvalue weighted by molar-refractivity contribution is -0.134. The number of hydrogen-bond donors (Lipinski definition) is 0. The van der Waals surface area contributed by atoms with Crippen LogP contribution in [0.1, 0.15) is 44.1 Å². The van der Waals surface area contributed by atoms with Gasteiger partial charge in [-0.25, -0.2) is 0 Å². The molecule has 0 aromatic heterocycles. The van der Waals surface area contributed by atoms with E-state index in [1.807, 2.05) is 30.1 Å². The van der Waals surface area contributed by atoms with E-state index in [1.165, 1.54) is 0 Å². The Morgan fingerprint density at radius 3 is 2.48 bits per heavy atom. The highest BCUT2D eigenvalue weighted by Crippen LogP contribution is 2.26. The van der Waals surface area contributed by atoms with Gasteiger partial charge in [-0.2, -0.15) is 0 Å². The maximum Gasteiger partial charge on any atom is 0.230 e. The zero-order valence-electron chi connectivity index (χ0n) is 13.6. The second-order valence-electron chi connectivity index (χ2n) is 6.24. The van der Waals surface area contributed by atoms with Crippen LogP contribution >= 0.6 is 0 Å². The number of likely N-dealkylation sites (N-methyl/N-ethyl adjacent to an activating group) is 1. The Kier molecular flexibility index (Phi) is 5.80. The molecule has 116 valence electrons. The van der Waals surface area contributed by atoms with Crippen LogP contribution in [0.5, 0.6) is 0 Å². The summed E-state index contributed by atoms with van der Waals surface area (Å²) in [5, 5.41) is 0. The lowest BCUT2D eigenvalue weighted by atomic mass is 9.92. The van der Waals surface area contributed by atoms with Gasteiger partial charge in [-0.3, -0.25) is 4.79 Å². The van der Waals surface area contributed by atoms with Crippen molar-refractivity contribution in [2.45, 2.75) is 44.6 Å². The van der Waals surface area contributed by atoms with Crippen molar-refractivity contribution in [1.29, 1.82) is 0 Å². The molecule has 0 spiro atoms. The van der Waals surface area contributed by atoms with Crippen molar-refractivity contribution in [3.05, 3.63) is 35.9 Å². The number of likely N-dealkylation sites (tertiary alicyclic amines) is 1. The van der Waals surface area contributed by atoms with Gasteiger partial charge in [0.15, 0.2) is 0 Å². The first-order valence-corrected chi connectivity index (χ1v) is 8.13. The van der Waals surface area contributed by atoms with E-state index in [2.05, 4.69) is 31.0 Å². The Morgan fingerprint density at radius 1 is 1.29 bits per heavy atom. The van der Waals surface area contributed by atoms with E-state index in [4.69, 9.17) is 0 Å². The summed E-state index contributed by atoms with van der Waals surface area (Å²) in [6.07, 6.45) is 4.14. The first-order chi connectivity index (χ1) is 10.1. The van der Waals surface area contributed by atoms with Crippen LogP contribution in [-0.2, 0) is 4.79 Å². The third kappa shape index (κ3) is 4.07. The van der Waals surface area contributed by atoms with E-state index in [9.17, 15) is 4.79 Å². The van der Waals surface area contributed by atoms with Gasteiger partial charge in [0.05, 0.1) is 5.92 Å². The van der Waals surface area contributed by atoms with Crippen LogP contribution in [-0.4, -0.2) is 48.9 Å². The van der Waals surface area contributed by atoms with Gasteiger partial charge < -0.3 is 9.80 Å². The van der Waals surface area contributed by atoms with Crippen LogP contribution in [0.3, 0.4) is 0 Å². The van der Waals surface area contributed by atoms with Crippen LogP contribution in [0.4, 0.5) is 0 Å². The molecule has 0 saturated carbocycles. The molecule has 1 unspecified atom stereocenters. The Labute approximate surface area is 128 Å². The van der Waals surface area contributed by atoms with Gasteiger partial charge >= 0.3 is 0 Å². The van der Waals surface area contributed by atoms with Crippen molar-refractivity contribution in [2.75, 3.05) is 27.2 Å². The van der Waals surface area contributed by atoms with Gasteiger partial charge in [0.25, 0.3) is 0 Å². The average molecular weight is 288 g/mol. The molecule has 1 saturated heterocycles. The molecular weight excluding hydrogens is 260 g/mol. The molecule has 1 aromatic rings. The Bertz CT molecular complexity index is 438. The second kappa shape index (κ2) is 7.60. The van der Waals surface area contributed by atoms with Crippen LogP contribution < -0.4 is 0 Å². The largest absolute Gasteiger partial charge is 0.342 e. The van der Waals surface area contributed by atoms with E-state index in [0.717, 1.165) is 44.3 Å². The van der Waals surface area contributed by atoms with Gasteiger partial charge in [0.1, 0.15) is 0 Å². The number of piperidine rings is 1. The SMILES string of the molecule is CCCC(C(=O)N(C)C1CCN(C)CC1)c1ccccc1.